The maximum Gasteiger partial charge on any atom is 0.239 e. The van der Waals surface area contributed by atoms with Gasteiger partial charge in [0.2, 0.25) is 5.95 Å². The molecular formula is C28H38N6O3S. The van der Waals surface area contributed by atoms with Gasteiger partial charge in [0.25, 0.3) is 0 Å². The lowest BCUT2D eigenvalue weighted by atomic mass is 9.86. The van der Waals surface area contributed by atoms with E-state index >= 15 is 0 Å². The number of hydrogen-bond acceptors (Lipinski definition) is 9. The number of nitrogens with zero attached hydrogens (tertiary/aromatic N) is 5. The van der Waals surface area contributed by atoms with Gasteiger partial charge in [-0.15, -0.1) is 10.2 Å². The molecule has 2 aromatic heterocycles. The van der Waals surface area contributed by atoms with Crippen LogP contribution in [0.3, 0.4) is 0 Å². The minimum Gasteiger partial charge on any atom is -0.499 e. The Kier molecular flexibility index (Phi) is 9.56. The molecule has 2 heterocycles. The van der Waals surface area contributed by atoms with Crippen molar-refractivity contribution < 1.29 is 14.2 Å². The van der Waals surface area contributed by atoms with Crippen molar-refractivity contribution in [3.05, 3.63) is 71.7 Å². The van der Waals surface area contributed by atoms with Gasteiger partial charge < -0.3 is 14.2 Å². The normalized spacial score (nSPS) is 13.9. The van der Waals surface area contributed by atoms with Crippen LogP contribution in [0.25, 0.3) is 17.1 Å². The number of hydrogen-bond donors (Lipinski definition) is 1. The maximum atomic E-state index is 5.74. The van der Waals surface area contributed by atoms with E-state index in [9.17, 15) is 0 Å². The van der Waals surface area contributed by atoms with Crippen molar-refractivity contribution in [3.8, 4) is 11.4 Å². The number of anilines is 1. The monoisotopic (exact) mass is 538 g/mol. The molecule has 1 N–H and O–H groups in total. The largest absolute Gasteiger partial charge is 0.499 e. The van der Waals surface area contributed by atoms with Gasteiger partial charge in [-0.25, -0.2) is 9.97 Å². The van der Waals surface area contributed by atoms with E-state index in [2.05, 4.69) is 64.4 Å². The average Bonchev–Trinajstić information content (AvgIpc) is 3.31. The second-order valence-corrected chi connectivity index (χ2v) is 11.1. The van der Waals surface area contributed by atoms with Crippen LogP contribution in [0.2, 0.25) is 0 Å². The highest BCUT2D eigenvalue weighted by atomic mass is 32.2. The summed E-state index contributed by atoms with van der Waals surface area (Å²) in [6.07, 6.45) is 3.24. The summed E-state index contributed by atoms with van der Waals surface area (Å²) in [7, 11) is 4.83. The number of ether oxygens (including phenoxy) is 3. The van der Waals surface area contributed by atoms with E-state index in [0.717, 1.165) is 11.1 Å². The van der Waals surface area contributed by atoms with Gasteiger partial charge in [-0.2, -0.15) is 0 Å². The fraction of sp³-hybridized carbons (Fsp3) is 0.429. The molecule has 204 valence electrons. The molecule has 38 heavy (non-hydrogen) atoms. The summed E-state index contributed by atoms with van der Waals surface area (Å²) in [4.78, 5) is 8.89. The molecule has 0 amide bonds. The van der Waals surface area contributed by atoms with Crippen LogP contribution < -0.4 is 4.72 Å². The van der Waals surface area contributed by atoms with Crippen LogP contribution in [0, 0.1) is 6.92 Å². The van der Waals surface area contributed by atoms with Crippen LogP contribution in [0.5, 0.6) is 0 Å². The van der Waals surface area contributed by atoms with Gasteiger partial charge in [-0.1, -0.05) is 51.6 Å². The van der Waals surface area contributed by atoms with Crippen molar-refractivity contribution in [3.63, 3.8) is 0 Å². The number of nitrogens with one attached hydrogen (secondary N) is 1. The minimum atomic E-state index is -0.335. The highest BCUT2D eigenvalue weighted by Gasteiger charge is 2.26. The van der Waals surface area contributed by atoms with Crippen LogP contribution in [-0.2, 0) is 19.6 Å². The van der Waals surface area contributed by atoms with Gasteiger partial charge in [-0.3, -0.25) is 9.29 Å². The molecule has 2 atom stereocenters. The molecule has 0 spiro atoms. The molecule has 0 saturated heterocycles. The van der Waals surface area contributed by atoms with E-state index in [1.54, 1.807) is 33.7 Å². The van der Waals surface area contributed by atoms with E-state index in [0.29, 0.717) is 34.8 Å². The third kappa shape index (κ3) is 6.54. The Labute approximate surface area is 229 Å². The van der Waals surface area contributed by atoms with Crippen molar-refractivity contribution >= 4 is 23.6 Å². The van der Waals surface area contributed by atoms with Crippen molar-refractivity contribution in [2.24, 2.45) is 0 Å². The molecular weight excluding hydrogens is 500 g/mol. The molecule has 0 aliphatic rings. The molecule has 1 aromatic carbocycles. The standard InChI is InChI=1S/C28H38N6O3S/c1-17-15-29-25(30-16-17)24(37-10)20(4)38-33-27-32-31-26(21-11-13-22(14-12-21)28(5,6)7)34(27)23(18(2)35-8)19(3)36-9/h11-16,20,24H,2H2,1,3-10H3,(H,32,33)/b23-19-. The first kappa shape index (κ1) is 29.2. The summed E-state index contributed by atoms with van der Waals surface area (Å²) < 4.78 is 22.1. The molecule has 0 saturated carbocycles. The third-order valence-corrected chi connectivity index (χ3v) is 7.04. The molecule has 10 heteroatoms. The zero-order valence-electron chi connectivity index (χ0n) is 23.7. The first-order chi connectivity index (χ1) is 18.0. The SMILES string of the molecule is C=C(OC)/C(=C(\C)OC)n1c(NSC(C)C(OC)c2ncc(C)cn2)nnc1-c1ccc(C(C)(C)C)cc1. The van der Waals surface area contributed by atoms with Gasteiger partial charge in [0.05, 0.1) is 19.5 Å². The maximum absolute atomic E-state index is 5.74. The summed E-state index contributed by atoms with van der Waals surface area (Å²) in [6.45, 7) is 16.5. The van der Waals surface area contributed by atoms with Crippen LogP contribution in [0.1, 0.15) is 57.7 Å². The lowest BCUT2D eigenvalue weighted by molar-refractivity contribution is 0.0972. The number of aryl methyl sites for hydroxylation is 1. The zero-order chi connectivity index (χ0) is 28.0. The van der Waals surface area contributed by atoms with Crippen molar-refractivity contribution in [1.82, 2.24) is 24.7 Å². The van der Waals surface area contributed by atoms with Gasteiger partial charge >= 0.3 is 0 Å². The molecule has 3 rings (SSSR count). The minimum absolute atomic E-state index is 0.0345. The Morgan fingerprint density at radius 3 is 2.18 bits per heavy atom. The summed E-state index contributed by atoms with van der Waals surface area (Å²) in [6, 6.07) is 8.32. The predicted molar refractivity (Wildman–Crippen MR) is 153 cm³/mol. The molecule has 0 aliphatic carbocycles. The van der Waals surface area contributed by atoms with Crippen LogP contribution in [-0.4, -0.2) is 51.3 Å². The zero-order valence-corrected chi connectivity index (χ0v) is 24.5. The van der Waals surface area contributed by atoms with E-state index in [4.69, 9.17) is 14.2 Å². The Bertz CT molecular complexity index is 1260. The summed E-state index contributed by atoms with van der Waals surface area (Å²) >= 11 is 1.43. The quantitative estimate of drug-likeness (QED) is 0.175. The van der Waals surface area contributed by atoms with E-state index in [1.165, 1.54) is 17.5 Å². The molecule has 0 bridgehead atoms. The van der Waals surface area contributed by atoms with Gasteiger partial charge in [0, 0.05) is 25.1 Å². The first-order valence-electron chi connectivity index (χ1n) is 12.3. The Morgan fingerprint density at radius 1 is 1.03 bits per heavy atom. The molecule has 0 aliphatic heterocycles. The van der Waals surface area contributed by atoms with Gasteiger partial charge in [-0.05, 0) is 49.3 Å². The van der Waals surface area contributed by atoms with Crippen LogP contribution >= 0.6 is 11.9 Å². The Hall–Kier alpha value is -3.37. The number of aromatic nitrogens is 5. The molecule has 0 radical (unpaired) electrons. The van der Waals surface area contributed by atoms with Crippen molar-refractivity contribution in [2.75, 3.05) is 26.1 Å². The van der Waals surface area contributed by atoms with Crippen molar-refractivity contribution in [1.29, 1.82) is 0 Å². The average molecular weight is 539 g/mol. The van der Waals surface area contributed by atoms with Crippen LogP contribution in [0.15, 0.2) is 54.8 Å². The predicted octanol–water partition coefficient (Wildman–Crippen LogP) is 6.17. The molecule has 3 aromatic rings. The molecule has 9 nitrogen and oxygen atoms in total. The smallest absolute Gasteiger partial charge is 0.239 e. The highest BCUT2D eigenvalue weighted by molar-refractivity contribution is 8.01. The first-order valence-corrected chi connectivity index (χ1v) is 13.2. The summed E-state index contributed by atoms with van der Waals surface area (Å²) in [5.41, 5.74) is 3.75. The lowest BCUT2D eigenvalue weighted by Crippen LogP contribution is -2.19. The Balaban J connectivity index is 2.02. The number of methoxy groups -OCH3 is 3. The summed E-state index contributed by atoms with van der Waals surface area (Å²) in [5.74, 6) is 2.75. The van der Waals surface area contributed by atoms with Gasteiger partial charge in [0.1, 0.15) is 23.3 Å². The second kappa shape index (κ2) is 12.4. The van der Waals surface area contributed by atoms with Crippen molar-refractivity contribution in [2.45, 2.75) is 58.3 Å². The summed E-state index contributed by atoms with van der Waals surface area (Å²) in [5, 5.41) is 8.95. The fourth-order valence-corrected chi connectivity index (χ4v) is 4.58. The van der Waals surface area contributed by atoms with Crippen LogP contribution in [0.4, 0.5) is 5.95 Å². The molecule has 0 fully saturated rings. The van der Waals surface area contributed by atoms with E-state index in [1.807, 2.05) is 37.5 Å². The molecule has 2 unspecified atom stereocenters. The second-order valence-electron chi connectivity index (χ2n) is 9.95. The third-order valence-electron chi connectivity index (χ3n) is 6.12. The van der Waals surface area contributed by atoms with E-state index < -0.39 is 0 Å². The number of allylic oxidation sites excluding steroid dienone is 2. The topological polar surface area (TPSA) is 96.2 Å². The fourth-order valence-electron chi connectivity index (χ4n) is 3.80. The number of rotatable bonds is 11. The Morgan fingerprint density at radius 2 is 1.66 bits per heavy atom. The van der Waals surface area contributed by atoms with E-state index in [-0.39, 0.29) is 16.8 Å². The lowest BCUT2D eigenvalue weighted by Gasteiger charge is -2.22. The van der Waals surface area contributed by atoms with Gasteiger partial charge in [0.15, 0.2) is 11.6 Å². The highest BCUT2D eigenvalue weighted by Crippen LogP contribution is 2.34. The number of benzene rings is 1.